The van der Waals surface area contributed by atoms with Gasteiger partial charge in [0.25, 0.3) is 0 Å². The van der Waals surface area contributed by atoms with Gasteiger partial charge < -0.3 is 20.5 Å². The van der Waals surface area contributed by atoms with Gasteiger partial charge in [-0.3, -0.25) is 0 Å². The minimum atomic E-state index is -0.491. The fourth-order valence-corrected chi connectivity index (χ4v) is 2.08. The third-order valence-corrected chi connectivity index (χ3v) is 2.77. The Labute approximate surface area is 103 Å². The van der Waals surface area contributed by atoms with Crippen LogP contribution < -0.4 is 10.6 Å². The van der Waals surface area contributed by atoms with Crippen molar-refractivity contribution in [3.63, 3.8) is 0 Å². The van der Waals surface area contributed by atoms with E-state index in [9.17, 15) is 5.11 Å². The quantitative estimate of drug-likeness (QED) is 0.773. The summed E-state index contributed by atoms with van der Waals surface area (Å²) in [5.74, 6) is 0. The molecule has 0 spiro atoms. The monoisotopic (exact) mass is 238 g/mol. The number of para-hydroxylation sites is 1. The zero-order valence-corrected chi connectivity index (χ0v) is 10.8. The van der Waals surface area contributed by atoms with Crippen molar-refractivity contribution in [2.45, 2.75) is 19.6 Å². The van der Waals surface area contributed by atoms with Crippen molar-refractivity contribution in [1.29, 1.82) is 0 Å². The first kappa shape index (κ1) is 14.0. The van der Waals surface area contributed by atoms with Crippen LogP contribution in [0.4, 0.5) is 5.69 Å². The maximum atomic E-state index is 9.74. The smallest absolute Gasteiger partial charge is 0.0947 e. The average Bonchev–Trinajstić information content (AvgIpc) is 2.28. The molecule has 4 heteroatoms. The molecule has 3 N–H and O–H groups in total. The van der Waals surface area contributed by atoms with Crippen LogP contribution in [0.5, 0.6) is 0 Å². The predicted molar refractivity (Wildman–Crippen MR) is 70.2 cm³/mol. The summed E-state index contributed by atoms with van der Waals surface area (Å²) in [5, 5.41) is 9.74. The third kappa shape index (κ3) is 3.70. The van der Waals surface area contributed by atoms with E-state index in [4.69, 9.17) is 10.5 Å². The average molecular weight is 238 g/mol. The minimum absolute atomic E-state index is 0.341. The van der Waals surface area contributed by atoms with Gasteiger partial charge in [-0.05, 0) is 18.1 Å². The van der Waals surface area contributed by atoms with Crippen molar-refractivity contribution in [3.05, 3.63) is 29.3 Å². The van der Waals surface area contributed by atoms with Crippen molar-refractivity contribution in [2.24, 2.45) is 5.73 Å². The van der Waals surface area contributed by atoms with Gasteiger partial charge in [-0.25, -0.2) is 0 Å². The Kier molecular flexibility index (Phi) is 5.41. The van der Waals surface area contributed by atoms with Crippen LogP contribution in [0, 0.1) is 6.92 Å². The Balaban J connectivity index is 2.84. The SMILES string of the molecule is COCC(O)CN(C)c1c(C)cccc1CN. The topological polar surface area (TPSA) is 58.7 Å². The summed E-state index contributed by atoms with van der Waals surface area (Å²) in [4.78, 5) is 2.03. The summed E-state index contributed by atoms with van der Waals surface area (Å²) in [6, 6.07) is 6.07. The molecule has 0 heterocycles. The predicted octanol–water partition coefficient (Wildman–Crippen LogP) is 0.897. The Morgan fingerprint density at radius 1 is 1.47 bits per heavy atom. The van der Waals surface area contributed by atoms with Gasteiger partial charge in [0.15, 0.2) is 0 Å². The van der Waals surface area contributed by atoms with E-state index in [1.54, 1.807) is 7.11 Å². The van der Waals surface area contributed by atoms with Gasteiger partial charge in [-0.2, -0.15) is 0 Å². The van der Waals surface area contributed by atoms with Crippen LogP contribution in [-0.4, -0.2) is 38.5 Å². The van der Waals surface area contributed by atoms with Gasteiger partial charge in [0.05, 0.1) is 12.7 Å². The van der Waals surface area contributed by atoms with Gasteiger partial charge in [-0.1, -0.05) is 18.2 Å². The van der Waals surface area contributed by atoms with Crippen LogP contribution in [0.3, 0.4) is 0 Å². The minimum Gasteiger partial charge on any atom is -0.389 e. The van der Waals surface area contributed by atoms with Crippen LogP contribution in [0.2, 0.25) is 0 Å². The molecule has 0 aliphatic carbocycles. The van der Waals surface area contributed by atoms with E-state index in [2.05, 4.69) is 0 Å². The second-order valence-corrected chi connectivity index (χ2v) is 4.28. The summed E-state index contributed by atoms with van der Waals surface area (Å²) < 4.78 is 4.93. The largest absolute Gasteiger partial charge is 0.389 e. The van der Waals surface area contributed by atoms with E-state index in [0.717, 1.165) is 11.3 Å². The maximum absolute atomic E-state index is 9.74. The lowest BCUT2D eigenvalue weighted by molar-refractivity contribution is 0.0695. The van der Waals surface area contributed by atoms with Crippen LogP contribution >= 0.6 is 0 Å². The van der Waals surface area contributed by atoms with E-state index in [0.29, 0.717) is 19.7 Å². The number of aliphatic hydroxyl groups excluding tert-OH is 1. The van der Waals surface area contributed by atoms with Crippen LogP contribution in [0.1, 0.15) is 11.1 Å². The molecule has 4 nitrogen and oxygen atoms in total. The molecule has 0 amide bonds. The molecule has 1 atom stereocenters. The van der Waals surface area contributed by atoms with E-state index in [-0.39, 0.29) is 0 Å². The Morgan fingerprint density at radius 2 is 2.18 bits per heavy atom. The van der Waals surface area contributed by atoms with Crippen LogP contribution in [-0.2, 0) is 11.3 Å². The first-order chi connectivity index (χ1) is 8.10. The molecule has 1 aromatic carbocycles. The van der Waals surface area contributed by atoms with E-state index >= 15 is 0 Å². The van der Waals surface area contributed by atoms with Crippen LogP contribution in [0.25, 0.3) is 0 Å². The van der Waals surface area contributed by atoms with Gasteiger partial charge in [0, 0.05) is 32.9 Å². The molecule has 96 valence electrons. The highest BCUT2D eigenvalue weighted by atomic mass is 16.5. The van der Waals surface area contributed by atoms with Crippen molar-refractivity contribution in [3.8, 4) is 0 Å². The van der Waals surface area contributed by atoms with Gasteiger partial charge >= 0.3 is 0 Å². The highest BCUT2D eigenvalue weighted by Crippen LogP contribution is 2.23. The maximum Gasteiger partial charge on any atom is 0.0947 e. The zero-order chi connectivity index (χ0) is 12.8. The molecule has 17 heavy (non-hydrogen) atoms. The zero-order valence-electron chi connectivity index (χ0n) is 10.8. The number of nitrogens with two attached hydrogens (primary N) is 1. The summed E-state index contributed by atoms with van der Waals surface area (Å²) in [6.07, 6.45) is -0.491. The number of nitrogens with zero attached hydrogens (tertiary/aromatic N) is 1. The van der Waals surface area contributed by atoms with E-state index < -0.39 is 6.10 Å². The molecule has 1 aromatic rings. The lowest BCUT2D eigenvalue weighted by Crippen LogP contribution is -2.33. The fraction of sp³-hybridized carbons (Fsp3) is 0.538. The Bertz CT molecular complexity index is 355. The Hall–Kier alpha value is -1.10. The number of aliphatic hydroxyl groups is 1. The number of rotatable bonds is 6. The number of benzene rings is 1. The first-order valence-corrected chi connectivity index (χ1v) is 5.76. The molecule has 0 radical (unpaired) electrons. The molecule has 0 saturated heterocycles. The molecule has 0 saturated carbocycles. The number of ether oxygens (including phenoxy) is 1. The van der Waals surface area contributed by atoms with E-state index in [1.165, 1.54) is 5.56 Å². The molecule has 0 aliphatic heterocycles. The number of hydrogen-bond acceptors (Lipinski definition) is 4. The van der Waals surface area contributed by atoms with Crippen molar-refractivity contribution in [1.82, 2.24) is 0 Å². The summed E-state index contributed by atoms with van der Waals surface area (Å²) in [7, 11) is 3.54. The van der Waals surface area contributed by atoms with Gasteiger partial charge in [-0.15, -0.1) is 0 Å². The molecule has 0 bridgehead atoms. The van der Waals surface area contributed by atoms with Crippen molar-refractivity contribution in [2.75, 3.05) is 32.2 Å². The number of hydrogen-bond donors (Lipinski definition) is 2. The lowest BCUT2D eigenvalue weighted by atomic mass is 10.1. The highest BCUT2D eigenvalue weighted by molar-refractivity contribution is 5.58. The van der Waals surface area contributed by atoms with Gasteiger partial charge in [0.2, 0.25) is 0 Å². The highest BCUT2D eigenvalue weighted by Gasteiger charge is 2.13. The van der Waals surface area contributed by atoms with Gasteiger partial charge in [0.1, 0.15) is 0 Å². The second kappa shape index (κ2) is 6.59. The van der Waals surface area contributed by atoms with Crippen molar-refractivity contribution >= 4 is 5.69 Å². The van der Waals surface area contributed by atoms with Crippen LogP contribution in [0.15, 0.2) is 18.2 Å². The number of anilines is 1. The Morgan fingerprint density at radius 3 is 2.76 bits per heavy atom. The molecular weight excluding hydrogens is 216 g/mol. The molecule has 0 aliphatic rings. The van der Waals surface area contributed by atoms with Crippen molar-refractivity contribution < 1.29 is 9.84 Å². The lowest BCUT2D eigenvalue weighted by Gasteiger charge is -2.26. The number of methoxy groups -OCH3 is 1. The first-order valence-electron chi connectivity index (χ1n) is 5.76. The molecule has 1 rings (SSSR count). The number of likely N-dealkylation sites (N-methyl/N-ethyl adjacent to an activating group) is 1. The molecular formula is C13H22N2O2. The van der Waals surface area contributed by atoms with E-state index in [1.807, 2.05) is 37.1 Å². The number of aryl methyl sites for hydroxylation is 1. The second-order valence-electron chi connectivity index (χ2n) is 4.28. The third-order valence-electron chi connectivity index (χ3n) is 2.77. The summed E-state index contributed by atoms with van der Waals surface area (Å²) in [6.45, 7) is 3.43. The molecule has 0 aromatic heterocycles. The standard InChI is InChI=1S/C13H22N2O2/c1-10-5-4-6-11(7-14)13(10)15(2)8-12(16)9-17-3/h4-6,12,16H,7-9,14H2,1-3H3. The normalized spacial score (nSPS) is 12.5. The summed E-state index contributed by atoms with van der Waals surface area (Å²) in [5.41, 5.74) is 9.10. The fourth-order valence-electron chi connectivity index (χ4n) is 2.08. The molecule has 1 unspecified atom stereocenters. The molecule has 0 fully saturated rings. The summed E-state index contributed by atoms with van der Waals surface area (Å²) >= 11 is 0.